The Balaban J connectivity index is 1.84. The smallest absolute Gasteiger partial charge is 0.240 e. The van der Waals surface area contributed by atoms with Crippen LogP contribution in [0.3, 0.4) is 0 Å². The number of carbonyl (C=O) groups is 1. The van der Waals surface area contributed by atoms with E-state index in [2.05, 4.69) is 12.2 Å². The third-order valence-electron chi connectivity index (χ3n) is 3.50. The number of nitrogens with zero attached hydrogens (tertiary/aromatic N) is 1. The zero-order chi connectivity index (χ0) is 9.97. The third-order valence-corrected chi connectivity index (χ3v) is 3.50. The summed E-state index contributed by atoms with van der Waals surface area (Å²) in [5.74, 6) is 1.09. The Morgan fingerprint density at radius 1 is 1.43 bits per heavy atom. The number of nitrogens with one attached hydrogen (secondary N) is 1. The van der Waals surface area contributed by atoms with Crippen LogP contribution >= 0.6 is 0 Å². The lowest BCUT2D eigenvalue weighted by Crippen LogP contribution is -2.33. The molecule has 1 saturated heterocycles. The Morgan fingerprint density at radius 3 is 2.71 bits per heavy atom. The Bertz CT molecular complexity index is 211. The summed E-state index contributed by atoms with van der Waals surface area (Å²) in [6, 6.07) is 0.0939. The first kappa shape index (κ1) is 9.97. The van der Waals surface area contributed by atoms with Crippen molar-refractivity contribution in [3.05, 3.63) is 0 Å². The molecular formula is C11H20N2O. The molecule has 1 N–H and O–H groups in total. The molecule has 0 radical (unpaired) electrons. The molecule has 1 aliphatic carbocycles. The number of hydrogen-bond acceptors (Lipinski definition) is 2. The molecular weight excluding hydrogens is 176 g/mol. The average molecular weight is 196 g/mol. The second-order valence-electron chi connectivity index (χ2n) is 4.53. The highest BCUT2D eigenvalue weighted by Gasteiger charge is 2.31. The first-order valence-corrected chi connectivity index (χ1v) is 5.83. The molecule has 3 nitrogen and oxygen atoms in total. The fraction of sp³-hybridized carbons (Fsp3) is 0.909. The van der Waals surface area contributed by atoms with E-state index >= 15 is 0 Å². The minimum absolute atomic E-state index is 0.0939. The monoisotopic (exact) mass is 196 g/mol. The van der Waals surface area contributed by atoms with E-state index < -0.39 is 0 Å². The summed E-state index contributed by atoms with van der Waals surface area (Å²) in [4.78, 5) is 13.8. The van der Waals surface area contributed by atoms with Gasteiger partial charge in [0.25, 0.3) is 0 Å². The summed E-state index contributed by atoms with van der Waals surface area (Å²) in [6.07, 6.45) is 6.27. The van der Waals surface area contributed by atoms with Crippen LogP contribution in [0.15, 0.2) is 0 Å². The van der Waals surface area contributed by atoms with Crippen LogP contribution in [0.25, 0.3) is 0 Å². The van der Waals surface area contributed by atoms with Gasteiger partial charge in [-0.15, -0.1) is 0 Å². The van der Waals surface area contributed by atoms with Crippen molar-refractivity contribution in [2.45, 2.75) is 45.1 Å². The van der Waals surface area contributed by atoms with Crippen molar-refractivity contribution < 1.29 is 4.79 Å². The summed E-state index contributed by atoms with van der Waals surface area (Å²) in [6.45, 7) is 3.82. The summed E-state index contributed by atoms with van der Waals surface area (Å²) in [7, 11) is 0. The fourth-order valence-corrected chi connectivity index (χ4v) is 2.58. The van der Waals surface area contributed by atoms with E-state index in [9.17, 15) is 4.79 Å². The van der Waals surface area contributed by atoms with Crippen LogP contribution in [0.5, 0.6) is 0 Å². The van der Waals surface area contributed by atoms with E-state index in [1.165, 1.54) is 25.7 Å². The molecule has 2 aliphatic rings. The minimum atomic E-state index is 0.0939. The first-order valence-electron chi connectivity index (χ1n) is 5.83. The number of hydrogen-bond donors (Lipinski definition) is 1. The van der Waals surface area contributed by atoms with Crippen molar-refractivity contribution in [3.63, 3.8) is 0 Å². The first-order chi connectivity index (χ1) is 6.81. The lowest BCUT2D eigenvalue weighted by molar-refractivity contribution is -0.129. The molecule has 1 aliphatic heterocycles. The van der Waals surface area contributed by atoms with E-state index in [1.807, 2.05) is 4.90 Å². The van der Waals surface area contributed by atoms with Gasteiger partial charge in [0.1, 0.15) is 0 Å². The molecule has 1 amide bonds. The number of rotatable bonds is 3. The fourth-order valence-electron chi connectivity index (χ4n) is 2.58. The molecule has 3 heteroatoms. The molecule has 1 unspecified atom stereocenters. The van der Waals surface area contributed by atoms with Gasteiger partial charge in [0.15, 0.2) is 0 Å². The molecule has 2 fully saturated rings. The molecule has 14 heavy (non-hydrogen) atoms. The highest BCUT2D eigenvalue weighted by Crippen LogP contribution is 2.26. The van der Waals surface area contributed by atoms with E-state index in [1.54, 1.807) is 0 Å². The summed E-state index contributed by atoms with van der Waals surface area (Å²) in [5.41, 5.74) is 0. The lowest BCUT2D eigenvalue weighted by Gasteiger charge is -2.19. The van der Waals surface area contributed by atoms with Crippen molar-refractivity contribution in [1.82, 2.24) is 10.2 Å². The molecule has 1 saturated carbocycles. The zero-order valence-electron chi connectivity index (χ0n) is 8.96. The van der Waals surface area contributed by atoms with Crippen molar-refractivity contribution in [1.29, 1.82) is 0 Å². The standard InChI is InChI=1S/C11H20N2O/c1-2-10-11(14)13(8-12-10)7-9-5-3-4-6-9/h9-10,12H,2-8H2,1H3. The van der Waals surface area contributed by atoms with Crippen LogP contribution < -0.4 is 5.32 Å². The molecule has 0 aromatic heterocycles. The predicted molar refractivity (Wildman–Crippen MR) is 55.8 cm³/mol. The highest BCUT2D eigenvalue weighted by atomic mass is 16.2. The molecule has 1 heterocycles. The van der Waals surface area contributed by atoms with E-state index in [0.29, 0.717) is 5.91 Å². The van der Waals surface area contributed by atoms with E-state index in [4.69, 9.17) is 0 Å². The lowest BCUT2D eigenvalue weighted by atomic mass is 10.1. The molecule has 0 spiro atoms. The van der Waals surface area contributed by atoms with Gasteiger partial charge >= 0.3 is 0 Å². The Morgan fingerprint density at radius 2 is 2.14 bits per heavy atom. The zero-order valence-corrected chi connectivity index (χ0v) is 8.96. The largest absolute Gasteiger partial charge is 0.328 e. The summed E-state index contributed by atoms with van der Waals surface area (Å²) < 4.78 is 0. The van der Waals surface area contributed by atoms with Gasteiger partial charge in [-0.1, -0.05) is 19.8 Å². The van der Waals surface area contributed by atoms with E-state index in [0.717, 1.165) is 25.6 Å². The summed E-state index contributed by atoms with van der Waals surface area (Å²) in [5, 5.41) is 3.26. The topological polar surface area (TPSA) is 32.3 Å². The molecule has 0 aromatic rings. The van der Waals surface area contributed by atoms with Gasteiger partial charge in [0.05, 0.1) is 12.7 Å². The van der Waals surface area contributed by atoms with Gasteiger partial charge < -0.3 is 4.90 Å². The van der Waals surface area contributed by atoms with Crippen molar-refractivity contribution in [2.75, 3.05) is 13.2 Å². The third kappa shape index (κ3) is 1.92. The van der Waals surface area contributed by atoms with Gasteiger partial charge in [0.2, 0.25) is 5.91 Å². The van der Waals surface area contributed by atoms with Gasteiger partial charge in [-0.05, 0) is 25.2 Å². The van der Waals surface area contributed by atoms with Gasteiger partial charge in [-0.3, -0.25) is 10.1 Å². The SMILES string of the molecule is CCC1NCN(CC2CCCC2)C1=O. The summed E-state index contributed by atoms with van der Waals surface area (Å²) >= 11 is 0. The molecule has 0 aromatic carbocycles. The van der Waals surface area contributed by atoms with Gasteiger partial charge in [-0.25, -0.2) is 0 Å². The molecule has 0 bridgehead atoms. The quantitative estimate of drug-likeness (QED) is 0.739. The number of carbonyl (C=O) groups excluding carboxylic acids is 1. The second kappa shape index (κ2) is 4.30. The van der Waals surface area contributed by atoms with Crippen LogP contribution in [-0.2, 0) is 4.79 Å². The molecule has 1 atom stereocenters. The van der Waals surface area contributed by atoms with Crippen LogP contribution in [0.1, 0.15) is 39.0 Å². The predicted octanol–water partition coefficient (Wildman–Crippen LogP) is 1.34. The number of amides is 1. The van der Waals surface area contributed by atoms with Crippen LogP contribution in [0.4, 0.5) is 0 Å². The van der Waals surface area contributed by atoms with Gasteiger partial charge in [0, 0.05) is 6.54 Å². The maximum Gasteiger partial charge on any atom is 0.240 e. The van der Waals surface area contributed by atoms with Crippen molar-refractivity contribution in [3.8, 4) is 0 Å². The van der Waals surface area contributed by atoms with Crippen LogP contribution in [-0.4, -0.2) is 30.1 Å². The highest BCUT2D eigenvalue weighted by molar-refractivity contribution is 5.83. The van der Waals surface area contributed by atoms with Crippen LogP contribution in [0, 0.1) is 5.92 Å². The maximum atomic E-state index is 11.8. The Kier molecular flexibility index (Phi) is 3.06. The van der Waals surface area contributed by atoms with Crippen molar-refractivity contribution in [2.24, 2.45) is 5.92 Å². The Hall–Kier alpha value is -0.570. The van der Waals surface area contributed by atoms with E-state index in [-0.39, 0.29) is 6.04 Å². The van der Waals surface area contributed by atoms with Crippen molar-refractivity contribution >= 4 is 5.91 Å². The average Bonchev–Trinajstić information content (AvgIpc) is 2.79. The molecule has 80 valence electrons. The van der Waals surface area contributed by atoms with Crippen LogP contribution in [0.2, 0.25) is 0 Å². The van der Waals surface area contributed by atoms with Gasteiger partial charge in [-0.2, -0.15) is 0 Å². The minimum Gasteiger partial charge on any atom is -0.328 e. The maximum absolute atomic E-state index is 11.8. The Labute approximate surface area is 85.8 Å². The second-order valence-corrected chi connectivity index (χ2v) is 4.53. The normalized spacial score (nSPS) is 29.1. The molecule has 2 rings (SSSR count).